The van der Waals surface area contributed by atoms with Gasteiger partial charge >= 0.3 is 6.18 Å². The first-order valence-electron chi connectivity index (χ1n) is 8.42. The molecule has 4 aromatic rings. The predicted octanol–water partition coefficient (Wildman–Crippen LogP) is 5.25. The monoisotopic (exact) mass is 415 g/mol. The molecule has 0 saturated heterocycles. The summed E-state index contributed by atoms with van der Waals surface area (Å²) in [5.74, 6) is 0.281. The van der Waals surface area contributed by atoms with Crippen LogP contribution in [0.4, 0.5) is 19.0 Å². The molecular formula is C20H13ClF3N5. The first-order chi connectivity index (χ1) is 13.8. The van der Waals surface area contributed by atoms with E-state index >= 15 is 0 Å². The number of hydrogen-bond acceptors (Lipinski definition) is 4. The van der Waals surface area contributed by atoms with Crippen LogP contribution in [0.1, 0.15) is 5.56 Å². The number of nitrogens with zero attached hydrogens (tertiary/aromatic N) is 4. The molecule has 0 unspecified atom stereocenters. The van der Waals surface area contributed by atoms with Gasteiger partial charge < -0.3 is 5.73 Å². The van der Waals surface area contributed by atoms with Gasteiger partial charge in [0.05, 0.1) is 23.1 Å². The van der Waals surface area contributed by atoms with Crippen molar-refractivity contribution >= 4 is 17.4 Å². The lowest BCUT2D eigenvalue weighted by Crippen LogP contribution is -2.10. The summed E-state index contributed by atoms with van der Waals surface area (Å²) in [5, 5.41) is 4.67. The molecule has 9 heteroatoms. The van der Waals surface area contributed by atoms with Crippen molar-refractivity contribution in [3.8, 4) is 28.1 Å². The summed E-state index contributed by atoms with van der Waals surface area (Å²) < 4.78 is 42.6. The molecule has 2 N–H and O–H groups in total. The topological polar surface area (TPSA) is 69.6 Å². The van der Waals surface area contributed by atoms with E-state index in [9.17, 15) is 13.2 Å². The van der Waals surface area contributed by atoms with Crippen molar-refractivity contribution in [1.29, 1.82) is 0 Å². The van der Waals surface area contributed by atoms with E-state index < -0.39 is 11.7 Å². The first kappa shape index (κ1) is 18.9. The van der Waals surface area contributed by atoms with Gasteiger partial charge in [0.2, 0.25) is 0 Å². The maximum absolute atomic E-state index is 13.7. The van der Waals surface area contributed by atoms with Gasteiger partial charge in [0, 0.05) is 28.4 Å². The summed E-state index contributed by atoms with van der Waals surface area (Å²) in [7, 11) is 0. The Bertz CT molecular complexity index is 1170. The van der Waals surface area contributed by atoms with E-state index in [4.69, 9.17) is 17.3 Å². The normalized spacial score (nSPS) is 11.6. The van der Waals surface area contributed by atoms with Crippen molar-refractivity contribution in [2.45, 2.75) is 6.18 Å². The smallest absolute Gasteiger partial charge is 0.384 e. The van der Waals surface area contributed by atoms with Crippen LogP contribution in [0.15, 0.2) is 67.3 Å². The molecule has 2 aromatic carbocycles. The van der Waals surface area contributed by atoms with E-state index in [1.165, 1.54) is 23.3 Å². The number of anilines is 1. The lowest BCUT2D eigenvalue weighted by atomic mass is 9.97. The van der Waals surface area contributed by atoms with Crippen LogP contribution in [0.3, 0.4) is 0 Å². The summed E-state index contributed by atoms with van der Waals surface area (Å²) in [6.07, 6.45) is -0.127. The lowest BCUT2D eigenvalue weighted by molar-refractivity contribution is -0.137. The lowest BCUT2D eigenvalue weighted by Gasteiger charge is -2.17. The second kappa shape index (κ2) is 7.21. The standard InChI is InChI=1S/C20H13ClF3N5/c21-14-6-4-12(5-7-14)19-15(20(22,23)24)2-1-3-17(19)29-10-13(9-28-29)16-8-18(25)27-11-26-16/h1-11H,(H2,25,26,27). The molecule has 0 spiro atoms. The SMILES string of the molecule is Nc1cc(-c2cnn(-c3cccc(C(F)(F)F)c3-c3ccc(Cl)cc3)c2)ncn1. The largest absolute Gasteiger partial charge is 0.417 e. The maximum Gasteiger partial charge on any atom is 0.417 e. The second-order valence-corrected chi connectivity index (χ2v) is 6.64. The van der Waals surface area contributed by atoms with E-state index in [1.807, 2.05) is 0 Å². The Morgan fingerprint density at radius 3 is 2.41 bits per heavy atom. The Hall–Kier alpha value is -3.39. The van der Waals surface area contributed by atoms with Gasteiger partial charge in [0.1, 0.15) is 12.1 Å². The zero-order valence-corrected chi connectivity index (χ0v) is 15.5. The molecule has 0 aliphatic rings. The van der Waals surface area contributed by atoms with Gasteiger partial charge in [-0.3, -0.25) is 0 Å². The molecule has 146 valence electrons. The molecule has 5 nitrogen and oxygen atoms in total. The molecule has 0 fully saturated rings. The van der Waals surface area contributed by atoms with Gasteiger partial charge in [0.15, 0.2) is 0 Å². The minimum atomic E-state index is -4.54. The van der Waals surface area contributed by atoms with E-state index in [0.717, 1.165) is 6.07 Å². The van der Waals surface area contributed by atoms with Crippen molar-refractivity contribution in [3.05, 3.63) is 77.8 Å². The summed E-state index contributed by atoms with van der Waals surface area (Å²) in [6, 6.07) is 11.7. The number of hydrogen-bond donors (Lipinski definition) is 1. The Morgan fingerprint density at radius 2 is 1.72 bits per heavy atom. The average molecular weight is 416 g/mol. The maximum atomic E-state index is 13.7. The summed E-state index contributed by atoms with van der Waals surface area (Å²) in [6.45, 7) is 0. The highest BCUT2D eigenvalue weighted by Gasteiger charge is 2.35. The minimum Gasteiger partial charge on any atom is -0.384 e. The molecule has 0 amide bonds. The van der Waals surface area contributed by atoms with Crippen LogP contribution in [-0.2, 0) is 6.18 Å². The van der Waals surface area contributed by atoms with Gasteiger partial charge in [0.25, 0.3) is 0 Å². The van der Waals surface area contributed by atoms with E-state index in [-0.39, 0.29) is 17.1 Å². The third kappa shape index (κ3) is 3.79. The van der Waals surface area contributed by atoms with Crippen molar-refractivity contribution in [2.75, 3.05) is 5.73 Å². The van der Waals surface area contributed by atoms with Gasteiger partial charge in [-0.05, 0) is 29.8 Å². The average Bonchev–Trinajstić information content (AvgIpc) is 3.17. The first-order valence-corrected chi connectivity index (χ1v) is 8.80. The molecule has 0 atom stereocenters. The highest BCUT2D eigenvalue weighted by atomic mass is 35.5. The molecule has 29 heavy (non-hydrogen) atoms. The molecular weight excluding hydrogens is 403 g/mol. The van der Waals surface area contributed by atoms with E-state index in [0.29, 0.717) is 21.8 Å². The molecule has 2 aromatic heterocycles. The van der Waals surface area contributed by atoms with E-state index in [2.05, 4.69) is 15.1 Å². The molecule has 0 radical (unpaired) electrons. The minimum absolute atomic E-state index is 0.00789. The van der Waals surface area contributed by atoms with Crippen molar-refractivity contribution in [3.63, 3.8) is 0 Å². The summed E-state index contributed by atoms with van der Waals surface area (Å²) in [4.78, 5) is 7.96. The van der Waals surface area contributed by atoms with E-state index in [1.54, 1.807) is 42.6 Å². The van der Waals surface area contributed by atoms with Gasteiger partial charge in [-0.1, -0.05) is 29.8 Å². The van der Waals surface area contributed by atoms with Crippen LogP contribution in [0.25, 0.3) is 28.1 Å². The highest BCUT2D eigenvalue weighted by molar-refractivity contribution is 6.30. The number of halogens is 4. The fraction of sp³-hybridized carbons (Fsp3) is 0.0500. The quantitative estimate of drug-likeness (QED) is 0.496. The molecule has 2 heterocycles. The summed E-state index contributed by atoms with van der Waals surface area (Å²) >= 11 is 5.91. The van der Waals surface area contributed by atoms with Gasteiger partial charge in [-0.2, -0.15) is 18.3 Å². The Morgan fingerprint density at radius 1 is 0.966 bits per heavy atom. The fourth-order valence-corrected chi connectivity index (χ4v) is 3.13. The van der Waals surface area contributed by atoms with Crippen LogP contribution in [-0.4, -0.2) is 19.7 Å². The van der Waals surface area contributed by atoms with Crippen LogP contribution in [0.5, 0.6) is 0 Å². The fourth-order valence-electron chi connectivity index (χ4n) is 3.00. The number of rotatable bonds is 3. The second-order valence-electron chi connectivity index (χ2n) is 6.21. The third-order valence-corrected chi connectivity index (χ3v) is 4.55. The number of alkyl halides is 3. The Balaban J connectivity index is 1.90. The van der Waals surface area contributed by atoms with Crippen molar-refractivity contribution < 1.29 is 13.2 Å². The predicted molar refractivity (Wildman–Crippen MR) is 104 cm³/mol. The Labute approximate surface area is 168 Å². The van der Waals surface area contributed by atoms with Crippen LogP contribution < -0.4 is 5.73 Å². The summed E-state index contributed by atoms with van der Waals surface area (Å²) in [5.41, 5.74) is 6.69. The zero-order valence-electron chi connectivity index (χ0n) is 14.7. The molecule has 4 rings (SSSR count). The molecule has 0 aliphatic carbocycles. The van der Waals surface area contributed by atoms with Crippen molar-refractivity contribution in [1.82, 2.24) is 19.7 Å². The molecule has 0 saturated carbocycles. The highest BCUT2D eigenvalue weighted by Crippen LogP contribution is 2.40. The zero-order chi connectivity index (χ0) is 20.6. The number of aromatic nitrogens is 4. The third-order valence-electron chi connectivity index (χ3n) is 4.29. The van der Waals surface area contributed by atoms with Crippen molar-refractivity contribution in [2.24, 2.45) is 0 Å². The van der Waals surface area contributed by atoms with Crippen LogP contribution >= 0.6 is 11.6 Å². The van der Waals surface area contributed by atoms with Gasteiger partial charge in [-0.15, -0.1) is 0 Å². The number of nitrogen functional groups attached to an aromatic ring is 1. The number of benzene rings is 2. The Kier molecular flexibility index (Phi) is 4.71. The van der Waals surface area contributed by atoms with Crippen LogP contribution in [0.2, 0.25) is 5.02 Å². The molecule has 0 aliphatic heterocycles. The van der Waals surface area contributed by atoms with Crippen LogP contribution in [0, 0.1) is 0 Å². The van der Waals surface area contributed by atoms with Gasteiger partial charge in [-0.25, -0.2) is 14.6 Å². The number of nitrogens with two attached hydrogens (primary N) is 1. The molecule has 0 bridgehead atoms.